The maximum Gasteiger partial charge on any atom is 0.407 e. The standard InChI is InChI=1S/C16H20N4O2/c1-19-9-8-15(18-19)17-13-7-10-20(16(21)22)14(11-13)12-5-3-2-4-6-12/h2-6,8-9,13-14H,7,10-11H2,1H3,(H,17,18)(H,21,22)/t13?,14-/m1/s1. The van der Waals surface area contributed by atoms with Gasteiger partial charge in [0, 0.05) is 31.9 Å². The Kier molecular flexibility index (Phi) is 4.00. The van der Waals surface area contributed by atoms with E-state index in [4.69, 9.17) is 0 Å². The Balaban J connectivity index is 1.76. The van der Waals surface area contributed by atoms with Crippen LogP contribution in [0.1, 0.15) is 24.4 Å². The SMILES string of the molecule is Cn1ccc(NC2CCN(C(=O)O)[C@@H](c3ccccc3)C2)n1. The maximum absolute atomic E-state index is 11.5. The first-order valence-electron chi connectivity index (χ1n) is 7.44. The van der Waals surface area contributed by atoms with Gasteiger partial charge < -0.3 is 15.3 Å². The molecule has 2 aromatic rings. The van der Waals surface area contributed by atoms with Gasteiger partial charge >= 0.3 is 6.09 Å². The van der Waals surface area contributed by atoms with Gasteiger partial charge in [-0.1, -0.05) is 30.3 Å². The summed E-state index contributed by atoms with van der Waals surface area (Å²) in [5.74, 6) is 0.836. The van der Waals surface area contributed by atoms with Gasteiger partial charge in [0.15, 0.2) is 0 Å². The van der Waals surface area contributed by atoms with Crippen molar-refractivity contribution < 1.29 is 9.90 Å². The average molecular weight is 300 g/mol. The van der Waals surface area contributed by atoms with E-state index in [1.54, 1.807) is 4.68 Å². The average Bonchev–Trinajstić information content (AvgIpc) is 2.93. The number of carbonyl (C=O) groups is 1. The molecule has 1 saturated heterocycles. The monoisotopic (exact) mass is 300 g/mol. The first kappa shape index (κ1) is 14.4. The van der Waals surface area contributed by atoms with E-state index in [1.165, 1.54) is 4.90 Å². The zero-order chi connectivity index (χ0) is 15.5. The summed E-state index contributed by atoms with van der Waals surface area (Å²) in [6.07, 6.45) is 2.56. The highest BCUT2D eigenvalue weighted by Crippen LogP contribution is 2.32. The molecule has 116 valence electrons. The van der Waals surface area contributed by atoms with Gasteiger partial charge in [0.2, 0.25) is 0 Å². The van der Waals surface area contributed by atoms with E-state index in [0.29, 0.717) is 6.54 Å². The molecule has 0 bridgehead atoms. The van der Waals surface area contributed by atoms with Crippen molar-refractivity contribution in [3.63, 3.8) is 0 Å². The maximum atomic E-state index is 11.5. The molecular weight excluding hydrogens is 280 g/mol. The highest BCUT2D eigenvalue weighted by atomic mass is 16.4. The number of benzene rings is 1. The van der Waals surface area contributed by atoms with Crippen molar-refractivity contribution in [2.24, 2.45) is 7.05 Å². The number of nitrogens with zero attached hydrogens (tertiary/aromatic N) is 3. The van der Waals surface area contributed by atoms with Crippen LogP contribution in [-0.4, -0.2) is 38.5 Å². The van der Waals surface area contributed by atoms with E-state index >= 15 is 0 Å². The third kappa shape index (κ3) is 3.05. The van der Waals surface area contributed by atoms with E-state index < -0.39 is 6.09 Å². The molecule has 6 nitrogen and oxygen atoms in total. The van der Waals surface area contributed by atoms with Crippen molar-refractivity contribution in [2.75, 3.05) is 11.9 Å². The normalized spacial score (nSPS) is 21.6. The Hall–Kier alpha value is -2.50. The lowest BCUT2D eigenvalue weighted by atomic mass is 9.92. The minimum Gasteiger partial charge on any atom is -0.465 e. The van der Waals surface area contributed by atoms with Crippen LogP contribution < -0.4 is 5.32 Å². The minimum atomic E-state index is -0.856. The lowest BCUT2D eigenvalue weighted by molar-refractivity contribution is 0.103. The second-order valence-electron chi connectivity index (χ2n) is 5.64. The van der Waals surface area contributed by atoms with Crippen LogP contribution >= 0.6 is 0 Å². The second-order valence-corrected chi connectivity index (χ2v) is 5.64. The van der Waals surface area contributed by atoms with Crippen molar-refractivity contribution in [1.29, 1.82) is 0 Å². The Bertz CT molecular complexity index is 641. The molecule has 0 radical (unpaired) electrons. The zero-order valence-corrected chi connectivity index (χ0v) is 12.5. The molecule has 2 atom stereocenters. The van der Waals surface area contributed by atoms with Gasteiger partial charge in [0.05, 0.1) is 6.04 Å². The molecule has 3 rings (SSSR count). The number of carboxylic acid groups (broad SMARTS) is 1. The van der Waals surface area contributed by atoms with Crippen LogP contribution in [0.25, 0.3) is 0 Å². The fraction of sp³-hybridized carbons (Fsp3) is 0.375. The summed E-state index contributed by atoms with van der Waals surface area (Å²) in [6, 6.07) is 11.9. The van der Waals surface area contributed by atoms with Crippen molar-refractivity contribution in [1.82, 2.24) is 14.7 Å². The molecule has 22 heavy (non-hydrogen) atoms. The van der Waals surface area contributed by atoms with Crippen LogP contribution in [0.15, 0.2) is 42.6 Å². The summed E-state index contributed by atoms with van der Waals surface area (Å²) in [4.78, 5) is 13.0. The molecule has 1 amide bonds. The quantitative estimate of drug-likeness (QED) is 0.914. The molecule has 1 fully saturated rings. The zero-order valence-electron chi connectivity index (χ0n) is 12.5. The highest BCUT2D eigenvalue weighted by Gasteiger charge is 2.32. The van der Waals surface area contributed by atoms with E-state index in [-0.39, 0.29) is 12.1 Å². The Morgan fingerprint density at radius 2 is 2.09 bits per heavy atom. The second kappa shape index (κ2) is 6.09. The number of amides is 1. The van der Waals surface area contributed by atoms with E-state index in [9.17, 15) is 9.90 Å². The van der Waals surface area contributed by atoms with Gasteiger partial charge in [-0.3, -0.25) is 4.68 Å². The number of hydrogen-bond acceptors (Lipinski definition) is 3. The van der Waals surface area contributed by atoms with Crippen molar-refractivity contribution >= 4 is 11.9 Å². The summed E-state index contributed by atoms with van der Waals surface area (Å²) < 4.78 is 1.75. The van der Waals surface area contributed by atoms with Crippen LogP contribution in [0.3, 0.4) is 0 Å². The first-order valence-corrected chi connectivity index (χ1v) is 7.44. The lowest BCUT2D eigenvalue weighted by Crippen LogP contribution is -2.44. The molecule has 2 heterocycles. The topological polar surface area (TPSA) is 70.4 Å². The van der Waals surface area contributed by atoms with Gasteiger partial charge in [-0.15, -0.1) is 0 Å². The minimum absolute atomic E-state index is 0.117. The predicted molar refractivity (Wildman–Crippen MR) is 83.8 cm³/mol. The first-order chi connectivity index (χ1) is 10.6. The molecule has 1 unspecified atom stereocenters. The number of rotatable bonds is 3. The summed E-state index contributed by atoms with van der Waals surface area (Å²) in [5.41, 5.74) is 1.04. The molecule has 1 aromatic heterocycles. The highest BCUT2D eigenvalue weighted by molar-refractivity contribution is 5.66. The van der Waals surface area contributed by atoms with Gasteiger partial charge in [-0.05, 0) is 18.4 Å². The summed E-state index contributed by atoms with van der Waals surface area (Å²) >= 11 is 0. The Morgan fingerprint density at radius 3 is 2.73 bits per heavy atom. The molecule has 1 aliphatic heterocycles. The van der Waals surface area contributed by atoms with Gasteiger partial charge in [0.25, 0.3) is 0 Å². The fourth-order valence-corrected chi connectivity index (χ4v) is 3.02. The van der Waals surface area contributed by atoms with Crippen molar-refractivity contribution in [2.45, 2.75) is 24.9 Å². The summed E-state index contributed by atoms with van der Waals surface area (Å²) in [6.45, 7) is 0.527. The summed E-state index contributed by atoms with van der Waals surface area (Å²) in [7, 11) is 1.88. The number of aromatic nitrogens is 2. The smallest absolute Gasteiger partial charge is 0.407 e. The van der Waals surface area contributed by atoms with Crippen LogP contribution in [0.2, 0.25) is 0 Å². The molecule has 1 aliphatic rings. The van der Waals surface area contributed by atoms with Crippen LogP contribution in [0.4, 0.5) is 10.6 Å². The number of aryl methyl sites for hydroxylation is 1. The largest absolute Gasteiger partial charge is 0.465 e. The lowest BCUT2D eigenvalue weighted by Gasteiger charge is -2.38. The van der Waals surface area contributed by atoms with E-state index in [2.05, 4.69) is 10.4 Å². The van der Waals surface area contributed by atoms with Crippen LogP contribution in [0, 0.1) is 0 Å². The molecule has 0 saturated carbocycles. The van der Waals surface area contributed by atoms with Crippen molar-refractivity contribution in [3.05, 3.63) is 48.2 Å². The van der Waals surface area contributed by atoms with Gasteiger partial charge in [-0.2, -0.15) is 5.10 Å². The number of hydrogen-bond donors (Lipinski definition) is 2. The number of nitrogens with one attached hydrogen (secondary N) is 1. The molecule has 6 heteroatoms. The number of likely N-dealkylation sites (tertiary alicyclic amines) is 1. The van der Waals surface area contributed by atoms with Crippen LogP contribution in [0.5, 0.6) is 0 Å². The fourth-order valence-electron chi connectivity index (χ4n) is 3.02. The van der Waals surface area contributed by atoms with Gasteiger partial charge in [-0.25, -0.2) is 4.79 Å². The molecule has 0 spiro atoms. The third-order valence-corrected chi connectivity index (χ3v) is 4.10. The third-order valence-electron chi connectivity index (χ3n) is 4.10. The molecule has 0 aliphatic carbocycles. The predicted octanol–water partition coefficient (Wildman–Crippen LogP) is 2.72. The van der Waals surface area contributed by atoms with E-state index in [1.807, 2.05) is 49.6 Å². The van der Waals surface area contributed by atoms with Gasteiger partial charge in [0.1, 0.15) is 5.82 Å². The summed E-state index contributed by atoms with van der Waals surface area (Å²) in [5, 5.41) is 17.2. The Morgan fingerprint density at radius 1 is 1.32 bits per heavy atom. The van der Waals surface area contributed by atoms with E-state index in [0.717, 1.165) is 24.2 Å². The Labute approximate surface area is 129 Å². The van der Waals surface area contributed by atoms with Crippen LogP contribution in [-0.2, 0) is 7.05 Å². The molecule has 1 aromatic carbocycles. The molecule has 2 N–H and O–H groups in total. The molecular formula is C16H20N4O2. The number of piperidine rings is 1. The number of anilines is 1. The van der Waals surface area contributed by atoms with Crippen molar-refractivity contribution in [3.8, 4) is 0 Å².